The predicted molar refractivity (Wildman–Crippen MR) is 108 cm³/mol. The van der Waals surface area contributed by atoms with E-state index in [0.29, 0.717) is 22.6 Å². The molecule has 3 aromatic rings. The van der Waals surface area contributed by atoms with Crippen LogP contribution in [0.5, 0.6) is 0 Å². The lowest BCUT2D eigenvalue weighted by Gasteiger charge is -2.06. The van der Waals surface area contributed by atoms with Crippen molar-refractivity contribution < 1.29 is 9.59 Å². The number of nitrogens with zero attached hydrogens (tertiary/aromatic N) is 2. The molecule has 0 aliphatic rings. The number of hydrogen-bond donors (Lipinski definition) is 1. The topological polar surface area (TPSA) is 72.0 Å². The molecule has 0 saturated heterocycles. The SMILES string of the molecule is CSc1nnc(SCC(=O)c2ccc(NC(=O)c3ccccc3)cc2)s1. The molecule has 0 aliphatic carbocycles. The third-order valence-corrected chi connectivity index (χ3v) is 6.42. The molecule has 3 rings (SSSR count). The van der Waals surface area contributed by atoms with Gasteiger partial charge < -0.3 is 5.32 Å². The van der Waals surface area contributed by atoms with Crippen molar-refractivity contribution in [2.24, 2.45) is 0 Å². The average molecular weight is 402 g/mol. The molecule has 0 fully saturated rings. The fraction of sp³-hybridized carbons (Fsp3) is 0.111. The van der Waals surface area contributed by atoms with Gasteiger partial charge >= 0.3 is 0 Å². The maximum Gasteiger partial charge on any atom is 0.255 e. The molecular formula is C18H15N3O2S3. The number of carbonyl (C=O) groups is 2. The molecule has 1 N–H and O–H groups in total. The second kappa shape index (κ2) is 8.98. The number of thioether (sulfide) groups is 2. The van der Waals surface area contributed by atoms with E-state index < -0.39 is 0 Å². The van der Waals surface area contributed by atoms with E-state index in [1.165, 1.54) is 34.9 Å². The van der Waals surface area contributed by atoms with Gasteiger partial charge in [0.05, 0.1) is 5.75 Å². The number of carbonyl (C=O) groups excluding carboxylic acids is 2. The average Bonchev–Trinajstić information content (AvgIpc) is 3.15. The number of anilines is 1. The summed E-state index contributed by atoms with van der Waals surface area (Å²) in [5.74, 6) is 0.136. The summed E-state index contributed by atoms with van der Waals surface area (Å²) in [5, 5.41) is 10.9. The number of amides is 1. The summed E-state index contributed by atoms with van der Waals surface area (Å²) in [6, 6.07) is 15.9. The molecular weight excluding hydrogens is 386 g/mol. The quantitative estimate of drug-likeness (QED) is 0.465. The maximum atomic E-state index is 12.3. The van der Waals surface area contributed by atoms with Crippen molar-refractivity contribution in [2.75, 3.05) is 17.3 Å². The van der Waals surface area contributed by atoms with Gasteiger partial charge in [-0.1, -0.05) is 53.1 Å². The number of hydrogen-bond acceptors (Lipinski definition) is 7. The van der Waals surface area contributed by atoms with Gasteiger partial charge in [0.15, 0.2) is 14.5 Å². The standard InChI is InChI=1S/C18H15N3O2S3/c1-24-17-20-21-18(26-17)25-11-15(22)12-7-9-14(10-8-12)19-16(23)13-5-3-2-4-6-13/h2-10H,11H2,1H3,(H,19,23). The van der Waals surface area contributed by atoms with Crippen LogP contribution in [0.4, 0.5) is 5.69 Å². The van der Waals surface area contributed by atoms with Crippen LogP contribution in [-0.2, 0) is 0 Å². The zero-order valence-corrected chi connectivity index (χ0v) is 16.3. The van der Waals surface area contributed by atoms with Crippen LogP contribution in [0, 0.1) is 0 Å². The molecule has 2 aromatic carbocycles. The Labute approximate surface area is 163 Å². The van der Waals surface area contributed by atoms with Gasteiger partial charge in [0.2, 0.25) is 0 Å². The van der Waals surface area contributed by atoms with Gasteiger partial charge in [0.1, 0.15) is 0 Å². The van der Waals surface area contributed by atoms with Gasteiger partial charge in [-0.25, -0.2) is 0 Å². The molecule has 26 heavy (non-hydrogen) atoms. The van der Waals surface area contributed by atoms with Gasteiger partial charge in [0.25, 0.3) is 5.91 Å². The Kier molecular flexibility index (Phi) is 6.43. The van der Waals surface area contributed by atoms with Crippen molar-refractivity contribution >= 4 is 52.2 Å². The third-order valence-electron chi connectivity index (χ3n) is 3.39. The van der Waals surface area contributed by atoms with Crippen LogP contribution in [0.1, 0.15) is 20.7 Å². The smallest absolute Gasteiger partial charge is 0.255 e. The Hall–Kier alpha value is -2.16. The second-order valence-electron chi connectivity index (χ2n) is 5.15. The van der Waals surface area contributed by atoms with Gasteiger partial charge in [-0.3, -0.25) is 9.59 Å². The van der Waals surface area contributed by atoms with Crippen molar-refractivity contribution in [3.05, 3.63) is 65.7 Å². The fourth-order valence-corrected chi connectivity index (χ4v) is 4.41. The molecule has 0 saturated carbocycles. The van der Waals surface area contributed by atoms with Gasteiger partial charge in [-0.15, -0.1) is 10.2 Å². The Morgan fingerprint density at radius 1 is 0.962 bits per heavy atom. The predicted octanol–water partition coefficient (Wildman–Crippen LogP) is 4.49. The van der Waals surface area contributed by atoms with Crippen LogP contribution in [0.15, 0.2) is 63.3 Å². The minimum atomic E-state index is -0.180. The summed E-state index contributed by atoms with van der Waals surface area (Å²) in [4.78, 5) is 24.4. The number of Topliss-reactive ketones (excluding diaryl/α,β-unsaturated/α-hetero) is 1. The Balaban J connectivity index is 1.56. The van der Waals surface area contributed by atoms with Crippen molar-refractivity contribution in [1.82, 2.24) is 10.2 Å². The van der Waals surface area contributed by atoms with Crippen molar-refractivity contribution in [2.45, 2.75) is 8.68 Å². The monoisotopic (exact) mass is 401 g/mol. The number of nitrogens with one attached hydrogen (secondary N) is 1. The number of benzene rings is 2. The second-order valence-corrected chi connectivity index (χ2v) is 8.40. The molecule has 1 aromatic heterocycles. The van der Waals surface area contributed by atoms with Crippen LogP contribution < -0.4 is 5.32 Å². The van der Waals surface area contributed by atoms with Crippen LogP contribution in [0.2, 0.25) is 0 Å². The summed E-state index contributed by atoms with van der Waals surface area (Å²) in [5.41, 5.74) is 1.84. The molecule has 0 aliphatic heterocycles. The first-order valence-electron chi connectivity index (χ1n) is 7.65. The Morgan fingerprint density at radius 3 is 2.31 bits per heavy atom. The van der Waals surface area contributed by atoms with E-state index in [0.717, 1.165) is 8.68 Å². The van der Waals surface area contributed by atoms with Gasteiger partial charge in [-0.2, -0.15) is 0 Å². The summed E-state index contributed by atoms with van der Waals surface area (Å²) in [6.45, 7) is 0. The van der Waals surface area contributed by atoms with Crippen LogP contribution >= 0.6 is 34.9 Å². The first-order chi connectivity index (χ1) is 12.7. The minimum absolute atomic E-state index is 0.0110. The molecule has 1 amide bonds. The summed E-state index contributed by atoms with van der Waals surface area (Å²) in [6.07, 6.45) is 1.94. The summed E-state index contributed by atoms with van der Waals surface area (Å²) < 4.78 is 1.67. The van der Waals surface area contributed by atoms with E-state index in [-0.39, 0.29) is 11.7 Å². The molecule has 8 heteroatoms. The lowest BCUT2D eigenvalue weighted by Crippen LogP contribution is -2.11. The molecule has 0 spiro atoms. The molecule has 0 bridgehead atoms. The van der Waals surface area contributed by atoms with E-state index in [4.69, 9.17) is 0 Å². The van der Waals surface area contributed by atoms with E-state index in [2.05, 4.69) is 15.5 Å². The minimum Gasteiger partial charge on any atom is -0.322 e. The zero-order valence-electron chi connectivity index (χ0n) is 13.8. The normalized spacial score (nSPS) is 10.5. The molecule has 0 atom stereocenters. The Morgan fingerprint density at radius 2 is 1.65 bits per heavy atom. The highest BCUT2D eigenvalue weighted by Gasteiger charge is 2.11. The zero-order chi connectivity index (χ0) is 18.4. The first-order valence-corrected chi connectivity index (χ1v) is 10.7. The van der Waals surface area contributed by atoms with Crippen LogP contribution in [0.25, 0.3) is 0 Å². The van der Waals surface area contributed by atoms with E-state index >= 15 is 0 Å². The Bertz CT molecular complexity index is 896. The highest BCUT2D eigenvalue weighted by atomic mass is 32.2. The number of ketones is 1. The maximum absolute atomic E-state index is 12.3. The highest BCUT2D eigenvalue weighted by molar-refractivity contribution is 8.03. The number of aromatic nitrogens is 2. The molecule has 0 radical (unpaired) electrons. The molecule has 0 unspecified atom stereocenters. The lowest BCUT2D eigenvalue weighted by molar-refractivity contribution is 0.101. The lowest BCUT2D eigenvalue weighted by atomic mass is 10.1. The molecule has 5 nitrogen and oxygen atoms in total. The van der Waals surface area contributed by atoms with Gasteiger partial charge in [-0.05, 0) is 42.7 Å². The third kappa shape index (κ3) is 4.94. The van der Waals surface area contributed by atoms with E-state index in [1.54, 1.807) is 36.4 Å². The van der Waals surface area contributed by atoms with E-state index in [9.17, 15) is 9.59 Å². The fourth-order valence-electron chi connectivity index (χ4n) is 2.08. The summed E-state index contributed by atoms with van der Waals surface area (Å²) in [7, 11) is 0. The molecule has 1 heterocycles. The van der Waals surface area contributed by atoms with Crippen molar-refractivity contribution in [3.63, 3.8) is 0 Å². The van der Waals surface area contributed by atoms with Crippen LogP contribution in [0.3, 0.4) is 0 Å². The molecule has 132 valence electrons. The van der Waals surface area contributed by atoms with Crippen molar-refractivity contribution in [1.29, 1.82) is 0 Å². The number of rotatable bonds is 7. The highest BCUT2D eigenvalue weighted by Crippen LogP contribution is 2.27. The van der Waals surface area contributed by atoms with Crippen LogP contribution in [-0.4, -0.2) is 33.9 Å². The van der Waals surface area contributed by atoms with Crippen molar-refractivity contribution in [3.8, 4) is 0 Å². The first kappa shape index (κ1) is 18.6. The van der Waals surface area contributed by atoms with Gasteiger partial charge in [0, 0.05) is 16.8 Å². The van der Waals surface area contributed by atoms with E-state index in [1.807, 2.05) is 24.5 Å². The summed E-state index contributed by atoms with van der Waals surface area (Å²) >= 11 is 4.40. The largest absolute Gasteiger partial charge is 0.322 e.